The van der Waals surface area contributed by atoms with Crippen LogP contribution in [0.5, 0.6) is 0 Å². The molecule has 0 saturated carbocycles. The summed E-state index contributed by atoms with van der Waals surface area (Å²) in [6.45, 7) is 2.76. The lowest BCUT2D eigenvalue weighted by molar-refractivity contribution is 0.602. The molecule has 0 radical (unpaired) electrons. The van der Waals surface area contributed by atoms with Crippen LogP contribution in [-0.2, 0) is 16.4 Å². The minimum Gasteiger partial charge on any atom is -0.397 e. The third-order valence-corrected chi connectivity index (χ3v) is 4.49. The van der Waals surface area contributed by atoms with Crippen molar-refractivity contribution in [3.63, 3.8) is 0 Å². The molecule has 2 N–H and O–H groups in total. The molecule has 5 heteroatoms. The van der Waals surface area contributed by atoms with E-state index in [1.807, 2.05) is 11.9 Å². The number of hydrogen-bond acceptors (Lipinski definition) is 4. The summed E-state index contributed by atoms with van der Waals surface area (Å²) in [5, 5.41) is 0. The lowest BCUT2D eigenvalue weighted by Gasteiger charge is -2.21. The van der Waals surface area contributed by atoms with Crippen molar-refractivity contribution in [2.24, 2.45) is 0 Å². The number of nitrogens with two attached hydrogens (primary N) is 1. The molecule has 2 aromatic rings. The van der Waals surface area contributed by atoms with Gasteiger partial charge in [-0.25, -0.2) is 8.42 Å². The SMILES string of the molecule is Cc1ccc(CN(C)c2ccc(S(C)(=O)=O)cc2N)cc1. The van der Waals surface area contributed by atoms with E-state index < -0.39 is 9.84 Å². The minimum absolute atomic E-state index is 0.243. The highest BCUT2D eigenvalue weighted by atomic mass is 32.2. The van der Waals surface area contributed by atoms with E-state index in [0.29, 0.717) is 12.2 Å². The molecule has 112 valence electrons. The number of anilines is 2. The summed E-state index contributed by atoms with van der Waals surface area (Å²) in [7, 11) is -1.29. The standard InChI is InChI=1S/C16H20N2O2S/c1-12-4-6-13(7-5-12)11-18(2)16-9-8-14(10-15(16)17)21(3,19)20/h4-10H,11,17H2,1-3H3. The van der Waals surface area contributed by atoms with Gasteiger partial charge in [-0.15, -0.1) is 0 Å². The van der Waals surface area contributed by atoms with E-state index >= 15 is 0 Å². The van der Waals surface area contributed by atoms with Crippen LogP contribution in [0.3, 0.4) is 0 Å². The Morgan fingerprint density at radius 1 is 1.10 bits per heavy atom. The van der Waals surface area contributed by atoms with Gasteiger partial charge < -0.3 is 10.6 Å². The molecule has 2 aromatic carbocycles. The number of nitrogens with zero attached hydrogens (tertiary/aromatic N) is 1. The average Bonchev–Trinajstić information content (AvgIpc) is 2.40. The number of sulfone groups is 1. The van der Waals surface area contributed by atoms with Gasteiger partial charge in [0.2, 0.25) is 0 Å². The second-order valence-corrected chi connectivity index (χ2v) is 7.35. The summed E-state index contributed by atoms with van der Waals surface area (Å²) >= 11 is 0. The highest BCUT2D eigenvalue weighted by Crippen LogP contribution is 2.26. The van der Waals surface area contributed by atoms with Crippen LogP contribution in [0.15, 0.2) is 47.4 Å². The molecule has 0 heterocycles. The molecule has 0 amide bonds. The van der Waals surface area contributed by atoms with E-state index in [9.17, 15) is 8.42 Å². The highest BCUT2D eigenvalue weighted by Gasteiger charge is 2.12. The number of rotatable bonds is 4. The first-order chi connectivity index (χ1) is 9.77. The maximum absolute atomic E-state index is 11.5. The fourth-order valence-electron chi connectivity index (χ4n) is 2.16. The molecule has 2 rings (SSSR count). The Morgan fingerprint density at radius 3 is 2.24 bits per heavy atom. The van der Waals surface area contributed by atoms with Gasteiger partial charge in [0.1, 0.15) is 0 Å². The van der Waals surface area contributed by atoms with Crippen LogP contribution in [-0.4, -0.2) is 21.7 Å². The first kappa shape index (κ1) is 15.4. The molecule has 0 unspecified atom stereocenters. The summed E-state index contributed by atoms with van der Waals surface area (Å²) in [6.07, 6.45) is 1.18. The topological polar surface area (TPSA) is 63.4 Å². The van der Waals surface area contributed by atoms with Gasteiger partial charge in [0.25, 0.3) is 0 Å². The fourth-order valence-corrected chi connectivity index (χ4v) is 2.82. The summed E-state index contributed by atoms with van der Waals surface area (Å²) in [5.41, 5.74) is 9.67. The van der Waals surface area contributed by atoms with E-state index in [1.54, 1.807) is 12.1 Å². The van der Waals surface area contributed by atoms with E-state index in [-0.39, 0.29) is 4.90 Å². The van der Waals surface area contributed by atoms with Crippen LogP contribution in [0.2, 0.25) is 0 Å². The van der Waals surface area contributed by atoms with Crippen LogP contribution in [0.25, 0.3) is 0 Å². The third kappa shape index (κ3) is 3.76. The van der Waals surface area contributed by atoms with Crippen molar-refractivity contribution in [1.82, 2.24) is 0 Å². The molecule has 0 aliphatic heterocycles. The molecular weight excluding hydrogens is 284 g/mol. The Kier molecular flexibility index (Phi) is 4.23. The van der Waals surface area contributed by atoms with Crippen molar-refractivity contribution >= 4 is 21.2 Å². The normalized spacial score (nSPS) is 11.4. The molecule has 0 aliphatic rings. The van der Waals surface area contributed by atoms with Crippen molar-refractivity contribution in [2.45, 2.75) is 18.4 Å². The molecule has 0 saturated heterocycles. The molecule has 0 atom stereocenters. The third-order valence-electron chi connectivity index (χ3n) is 3.38. The molecule has 21 heavy (non-hydrogen) atoms. The average molecular weight is 304 g/mol. The molecule has 0 fully saturated rings. The Balaban J connectivity index is 2.23. The van der Waals surface area contributed by atoms with Crippen molar-refractivity contribution in [3.8, 4) is 0 Å². The van der Waals surface area contributed by atoms with E-state index in [1.165, 1.54) is 23.4 Å². The van der Waals surface area contributed by atoms with Gasteiger partial charge in [-0.05, 0) is 30.7 Å². The zero-order valence-corrected chi connectivity index (χ0v) is 13.3. The summed E-state index contributed by atoms with van der Waals surface area (Å²) in [4.78, 5) is 2.25. The Hall–Kier alpha value is -2.01. The molecule has 4 nitrogen and oxygen atoms in total. The molecule has 0 aliphatic carbocycles. The van der Waals surface area contributed by atoms with Crippen molar-refractivity contribution in [3.05, 3.63) is 53.6 Å². The predicted octanol–water partition coefficient (Wildman–Crippen LogP) is 2.62. The Labute approximate surface area is 126 Å². The van der Waals surface area contributed by atoms with E-state index in [0.717, 1.165) is 5.69 Å². The van der Waals surface area contributed by atoms with E-state index in [2.05, 4.69) is 31.2 Å². The summed E-state index contributed by atoms with van der Waals surface area (Å²) in [6, 6.07) is 13.1. The van der Waals surface area contributed by atoms with Gasteiger partial charge in [-0.3, -0.25) is 0 Å². The van der Waals surface area contributed by atoms with Crippen LogP contribution in [0.4, 0.5) is 11.4 Å². The molecular formula is C16H20N2O2S. The fraction of sp³-hybridized carbons (Fsp3) is 0.250. The molecule has 0 bridgehead atoms. The lowest BCUT2D eigenvalue weighted by Crippen LogP contribution is -2.18. The van der Waals surface area contributed by atoms with Crippen molar-refractivity contribution in [1.29, 1.82) is 0 Å². The second kappa shape index (κ2) is 5.77. The lowest BCUT2D eigenvalue weighted by atomic mass is 10.1. The van der Waals surface area contributed by atoms with Gasteiger partial charge in [-0.1, -0.05) is 29.8 Å². The monoisotopic (exact) mass is 304 g/mol. The minimum atomic E-state index is -3.23. The number of hydrogen-bond donors (Lipinski definition) is 1. The van der Waals surface area contributed by atoms with Crippen LogP contribution < -0.4 is 10.6 Å². The zero-order valence-electron chi connectivity index (χ0n) is 12.5. The van der Waals surface area contributed by atoms with Gasteiger partial charge in [0.15, 0.2) is 9.84 Å². The highest BCUT2D eigenvalue weighted by molar-refractivity contribution is 7.90. The molecule has 0 aromatic heterocycles. The van der Waals surface area contributed by atoms with Crippen molar-refractivity contribution < 1.29 is 8.42 Å². The van der Waals surface area contributed by atoms with Gasteiger partial charge in [0, 0.05) is 19.8 Å². The smallest absolute Gasteiger partial charge is 0.175 e. The largest absolute Gasteiger partial charge is 0.397 e. The summed E-state index contributed by atoms with van der Waals surface area (Å²) in [5.74, 6) is 0. The quantitative estimate of drug-likeness (QED) is 0.882. The zero-order chi connectivity index (χ0) is 15.6. The first-order valence-electron chi connectivity index (χ1n) is 6.63. The number of benzene rings is 2. The van der Waals surface area contributed by atoms with E-state index in [4.69, 9.17) is 5.73 Å². The van der Waals surface area contributed by atoms with Gasteiger partial charge in [0.05, 0.1) is 16.3 Å². The first-order valence-corrected chi connectivity index (χ1v) is 8.53. The Bertz CT molecular complexity index is 737. The predicted molar refractivity (Wildman–Crippen MR) is 87.3 cm³/mol. The maximum Gasteiger partial charge on any atom is 0.175 e. The Morgan fingerprint density at radius 2 is 1.71 bits per heavy atom. The van der Waals surface area contributed by atoms with Crippen LogP contribution in [0, 0.1) is 6.92 Å². The number of aryl methyl sites for hydroxylation is 1. The van der Waals surface area contributed by atoms with Crippen LogP contribution >= 0.6 is 0 Å². The maximum atomic E-state index is 11.5. The summed E-state index contributed by atoms with van der Waals surface area (Å²) < 4.78 is 23.0. The second-order valence-electron chi connectivity index (χ2n) is 5.33. The van der Waals surface area contributed by atoms with Gasteiger partial charge >= 0.3 is 0 Å². The molecule has 0 spiro atoms. The van der Waals surface area contributed by atoms with Crippen molar-refractivity contribution in [2.75, 3.05) is 23.9 Å². The van der Waals surface area contributed by atoms with Gasteiger partial charge in [-0.2, -0.15) is 0 Å². The van der Waals surface area contributed by atoms with Crippen LogP contribution in [0.1, 0.15) is 11.1 Å². The number of nitrogen functional groups attached to an aromatic ring is 1.